The first-order valence-corrected chi connectivity index (χ1v) is 8.66. The van der Waals surface area contributed by atoms with Gasteiger partial charge in [0.05, 0.1) is 37.0 Å². The van der Waals surface area contributed by atoms with Crippen LogP contribution in [0.5, 0.6) is 0 Å². The summed E-state index contributed by atoms with van der Waals surface area (Å²) in [6.45, 7) is 8.49. The average molecular weight is 341 g/mol. The van der Waals surface area contributed by atoms with E-state index in [1.165, 1.54) is 0 Å². The van der Waals surface area contributed by atoms with E-state index in [0.717, 1.165) is 22.8 Å². The topological polar surface area (TPSA) is 66.3 Å². The Kier molecular flexibility index (Phi) is 6.65. The Bertz CT molecular complexity index is 668. The van der Waals surface area contributed by atoms with Crippen molar-refractivity contribution in [3.8, 4) is 0 Å². The number of aliphatic hydroxyl groups is 1. The molecular weight excluding hydrogens is 314 g/mol. The van der Waals surface area contributed by atoms with Crippen molar-refractivity contribution < 1.29 is 9.90 Å². The molecule has 2 aromatic rings. The zero-order valence-corrected chi connectivity index (χ0v) is 15.4. The molecule has 134 valence electrons. The first-order valence-electron chi connectivity index (χ1n) is 8.66. The van der Waals surface area contributed by atoms with Crippen LogP contribution in [0.25, 0.3) is 0 Å². The molecule has 0 saturated carbocycles. The van der Waals surface area contributed by atoms with Crippen molar-refractivity contribution in [2.75, 3.05) is 0 Å². The maximum Gasteiger partial charge on any atom is 0.225 e. The molecule has 0 aliphatic carbocycles. The highest BCUT2D eigenvalue weighted by Gasteiger charge is 2.21. The Hall–Kier alpha value is -2.27. The van der Waals surface area contributed by atoms with Crippen LogP contribution in [0.1, 0.15) is 43.0 Å². The molecule has 1 N–H and O–H groups in total. The molecular formula is C20H27N3O2. The highest BCUT2D eigenvalue weighted by Crippen LogP contribution is 2.14. The molecule has 1 amide bonds. The summed E-state index contributed by atoms with van der Waals surface area (Å²) in [7, 11) is 0. The fraction of sp³-hybridized carbons (Fsp3) is 0.450. The number of aliphatic hydroxyl groups excluding tert-OH is 1. The highest BCUT2D eigenvalue weighted by molar-refractivity contribution is 5.76. The van der Waals surface area contributed by atoms with Crippen molar-refractivity contribution in [1.82, 2.24) is 14.9 Å². The van der Waals surface area contributed by atoms with Gasteiger partial charge in [0.15, 0.2) is 0 Å². The normalized spacial score (nSPS) is 12.2. The van der Waals surface area contributed by atoms with Crippen molar-refractivity contribution in [1.29, 1.82) is 0 Å². The molecule has 0 aliphatic rings. The summed E-state index contributed by atoms with van der Waals surface area (Å²) < 4.78 is 0. The third-order valence-electron chi connectivity index (χ3n) is 4.10. The van der Waals surface area contributed by atoms with E-state index in [1.54, 1.807) is 4.90 Å². The summed E-state index contributed by atoms with van der Waals surface area (Å²) in [5, 5.41) is 10.1. The van der Waals surface area contributed by atoms with Crippen molar-refractivity contribution in [2.24, 2.45) is 5.92 Å². The molecule has 5 nitrogen and oxygen atoms in total. The number of rotatable bonds is 7. The van der Waals surface area contributed by atoms with Gasteiger partial charge in [-0.3, -0.25) is 14.8 Å². The van der Waals surface area contributed by atoms with Gasteiger partial charge >= 0.3 is 0 Å². The summed E-state index contributed by atoms with van der Waals surface area (Å²) in [5.41, 5.74) is 3.50. The SMILES string of the molecule is Cc1cccc(CN(Cc2cccc(C)n2)C(=O)CC(O)C(C)C)n1. The van der Waals surface area contributed by atoms with E-state index in [0.29, 0.717) is 13.1 Å². The summed E-state index contributed by atoms with van der Waals surface area (Å²) in [6.07, 6.45) is -0.541. The molecule has 0 aromatic carbocycles. The Morgan fingerprint density at radius 2 is 1.48 bits per heavy atom. The van der Waals surface area contributed by atoms with Crippen molar-refractivity contribution in [2.45, 2.75) is 53.3 Å². The predicted molar refractivity (Wildman–Crippen MR) is 97.7 cm³/mol. The lowest BCUT2D eigenvalue weighted by atomic mass is 10.0. The molecule has 0 bridgehead atoms. The fourth-order valence-electron chi connectivity index (χ4n) is 2.54. The number of aryl methyl sites for hydroxylation is 2. The van der Waals surface area contributed by atoms with Crippen LogP contribution in [0.2, 0.25) is 0 Å². The molecule has 0 fully saturated rings. The lowest BCUT2D eigenvalue weighted by Gasteiger charge is -2.24. The second-order valence-electron chi connectivity index (χ2n) is 6.81. The van der Waals surface area contributed by atoms with Gasteiger partial charge in [-0.15, -0.1) is 0 Å². The van der Waals surface area contributed by atoms with Gasteiger partial charge in [0, 0.05) is 11.4 Å². The van der Waals surface area contributed by atoms with E-state index in [1.807, 2.05) is 64.1 Å². The molecule has 1 atom stereocenters. The Balaban J connectivity index is 2.19. The van der Waals surface area contributed by atoms with Gasteiger partial charge in [0.25, 0.3) is 0 Å². The minimum Gasteiger partial charge on any atom is -0.392 e. The molecule has 5 heteroatoms. The Morgan fingerprint density at radius 1 is 1.00 bits per heavy atom. The van der Waals surface area contributed by atoms with Gasteiger partial charge in [-0.2, -0.15) is 0 Å². The number of nitrogens with zero attached hydrogens (tertiary/aromatic N) is 3. The van der Waals surface area contributed by atoms with Crippen LogP contribution in [0, 0.1) is 19.8 Å². The molecule has 0 saturated heterocycles. The lowest BCUT2D eigenvalue weighted by molar-refractivity contribution is -0.135. The van der Waals surface area contributed by atoms with Crippen molar-refractivity contribution in [3.05, 3.63) is 59.2 Å². The minimum absolute atomic E-state index is 0.0417. The quantitative estimate of drug-likeness (QED) is 0.840. The van der Waals surface area contributed by atoms with E-state index in [-0.39, 0.29) is 18.2 Å². The first kappa shape index (κ1) is 19.1. The molecule has 0 radical (unpaired) electrons. The fourth-order valence-corrected chi connectivity index (χ4v) is 2.54. The number of amides is 1. The first-order chi connectivity index (χ1) is 11.8. The summed E-state index contributed by atoms with van der Waals surface area (Å²) in [5.74, 6) is -0.0483. The minimum atomic E-state index is -0.647. The number of carbonyl (C=O) groups is 1. The zero-order chi connectivity index (χ0) is 18.4. The highest BCUT2D eigenvalue weighted by atomic mass is 16.3. The van der Waals surface area contributed by atoms with Gasteiger partial charge in [-0.1, -0.05) is 26.0 Å². The molecule has 25 heavy (non-hydrogen) atoms. The molecule has 2 heterocycles. The lowest BCUT2D eigenvalue weighted by Crippen LogP contribution is -2.34. The Labute approximate surface area is 149 Å². The predicted octanol–water partition coefficient (Wildman–Crippen LogP) is 3.03. The number of aromatic nitrogens is 2. The maximum absolute atomic E-state index is 12.7. The molecule has 0 aliphatic heterocycles. The van der Waals surface area contributed by atoms with Gasteiger partial charge in [-0.05, 0) is 44.0 Å². The number of hydrogen-bond donors (Lipinski definition) is 1. The van der Waals surface area contributed by atoms with Crippen LogP contribution in [0.3, 0.4) is 0 Å². The van der Waals surface area contributed by atoms with Crippen molar-refractivity contribution >= 4 is 5.91 Å². The third kappa shape index (κ3) is 5.94. The smallest absolute Gasteiger partial charge is 0.225 e. The summed E-state index contributed by atoms with van der Waals surface area (Å²) >= 11 is 0. The number of hydrogen-bond acceptors (Lipinski definition) is 4. The van der Waals surface area contributed by atoms with Crippen LogP contribution in [0.15, 0.2) is 36.4 Å². The number of carbonyl (C=O) groups excluding carboxylic acids is 1. The summed E-state index contributed by atoms with van der Waals surface area (Å²) in [4.78, 5) is 23.4. The van der Waals surface area contributed by atoms with Gasteiger partial charge in [-0.25, -0.2) is 0 Å². The second kappa shape index (κ2) is 8.72. The standard InChI is InChI=1S/C20H27N3O2/c1-14(2)19(24)11-20(25)23(12-17-9-5-7-15(3)21-17)13-18-10-6-8-16(4)22-18/h5-10,14,19,24H,11-13H2,1-4H3. The third-order valence-corrected chi connectivity index (χ3v) is 4.10. The van der Waals surface area contributed by atoms with Crippen LogP contribution < -0.4 is 0 Å². The van der Waals surface area contributed by atoms with E-state index >= 15 is 0 Å². The van der Waals surface area contributed by atoms with Gasteiger partial charge in [0.2, 0.25) is 5.91 Å². The van der Waals surface area contributed by atoms with E-state index in [4.69, 9.17) is 0 Å². The van der Waals surface area contributed by atoms with E-state index < -0.39 is 6.10 Å². The van der Waals surface area contributed by atoms with Crippen LogP contribution in [-0.2, 0) is 17.9 Å². The van der Waals surface area contributed by atoms with Gasteiger partial charge < -0.3 is 10.0 Å². The molecule has 0 spiro atoms. The molecule has 2 rings (SSSR count). The Morgan fingerprint density at radius 3 is 1.88 bits per heavy atom. The zero-order valence-electron chi connectivity index (χ0n) is 15.4. The van der Waals surface area contributed by atoms with Gasteiger partial charge in [0.1, 0.15) is 0 Å². The van der Waals surface area contributed by atoms with E-state index in [9.17, 15) is 9.90 Å². The average Bonchev–Trinajstić information content (AvgIpc) is 2.54. The number of pyridine rings is 2. The van der Waals surface area contributed by atoms with Crippen molar-refractivity contribution in [3.63, 3.8) is 0 Å². The largest absolute Gasteiger partial charge is 0.392 e. The monoisotopic (exact) mass is 341 g/mol. The van der Waals surface area contributed by atoms with Crippen LogP contribution >= 0.6 is 0 Å². The van der Waals surface area contributed by atoms with Crippen LogP contribution in [0.4, 0.5) is 0 Å². The molecule has 1 unspecified atom stereocenters. The molecule has 2 aromatic heterocycles. The maximum atomic E-state index is 12.7. The second-order valence-corrected chi connectivity index (χ2v) is 6.81. The summed E-state index contributed by atoms with van der Waals surface area (Å²) in [6, 6.07) is 11.6. The van der Waals surface area contributed by atoms with Crippen LogP contribution in [-0.4, -0.2) is 32.0 Å². The van der Waals surface area contributed by atoms with E-state index in [2.05, 4.69) is 9.97 Å².